The zero-order valence-corrected chi connectivity index (χ0v) is 20.0. The topological polar surface area (TPSA) is 105 Å². The van der Waals surface area contributed by atoms with Crippen LogP contribution < -0.4 is 21.1 Å². The molecule has 0 radical (unpaired) electrons. The highest BCUT2D eigenvalue weighted by atomic mass is 16.1. The number of piperazine rings is 1. The van der Waals surface area contributed by atoms with E-state index >= 15 is 0 Å². The summed E-state index contributed by atoms with van der Waals surface area (Å²) in [5.74, 6) is 0.795. The van der Waals surface area contributed by atoms with E-state index in [0.717, 1.165) is 56.4 Å². The molecular formula is C25H31N7O2. The summed E-state index contributed by atoms with van der Waals surface area (Å²) in [5, 5.41) is 7.32. The molecule has 0 amide bonds. The van der Waals surface area contributed by atoms with Crippen LogP contribution in [-0.2, 0) is 0 Å². The van der Waals surface area contributed by atoms with Crippen LogP contribution in [-0.4, -0.2) is 51.0 Å². The maximum Gasteiger partial charge on any atom is 0.263 e. The minimum atomic E-state index is -0.248. The molecule has 5 rings (SSSR count). The zero-order chi connectivity index (χ0) is 23.8. The van der Waals surface area contributed by atoms with Crippen molar-refractivity contribution in [3.05, 3.63) is 46.0 Å². The van der Waals surface area contributed by atoms with Gasteiger partial charge in [-0.15, -0.1) is 0 Å². The lowest BCUT2D eigenvalue weighted by atomic mass is 10.0. The predicted molar refractivity (Wildman–Crippen MR) is 133 cm³/mol. The Balaban J connectivity index is 1.50. The Labute approximate surface area is 198 Å². The molecule has 178 valence electrons. The van der Waals surface area contributed by atoms with E-state index in [1.807, 2.05) is 12.3 Å². The monoisotopic (exact) mass is 461 g/mol. The molecule has 2 aliphatic rings. The SMILES string of the molecule is CC(=O)c1c(C)c2cnc(Nc3ccc(N4CCNC[C@@H]4C)cn3)nc2n(C2CCCC2)c1=O. The molecule has 3 aromatic rings. The Morgan fingerprint density at radius 1 is 1.18 bits per heavy atom. The number of aryl methyl sites for hydroxylation is 1. The highest BCUT2D eigenvalue weighted by Crippen LogP contribution is 2.32. The smallest absolute Gasteiger partial charge is 0.263 e. The van der Waals surface area contributed by atoms with Gasteiger partial charge in [-0.3, -0.25) is 14.2 Å². The predicted octanol–water partition coefficient (Wildman–Crippen LogP) is 3.35. The third-order valence-corrected chi connectivity index (χ3v) is 7.07. The minimum Gasteiger partial charge on any atom is -0.365 e. The van der Waals surface area contributed by atoms with E-state index in [0.29, 0.717) is 29.0 Å². The lowest BCUT2D eigenvalue weighted by Gasteiger charge is -2.35. The van der Waals surface area contributed by atoms with E-state index in [1.165, 1.54) is 6.92 Å². The number of hydrogen-bond donors (Lipinski definition) is 2. The van der Waals surface area contributed by atoms with Gasteiger partial charge >= 0.3 is 0 Å². The maximum absolute atomic E-state index is 13.4. The average Bonchev–Trinajstić information content (AvgIpc) is 3.34. The van der Waals surface area contributed by atoms with Gasteiger partial charge in [-0.2, -0.15) is 4.98 Å². The van der Waals surface area contributed by atoms with Crippen LogP contribution in [0.15, 0.2) is 29.3 Å². The third kappa shape index (κ3) is 4.04. The van der Waals surface area contributed by atoms with Gasteiger partial charge < -0.3 is 15.5 Å². The number of ketones is 1. The summed E-state index contributed by atoms with van der Waals surface area (Å²) in [6, 6.07) is 4.44. The first-order chi connectivity index (χ1) is 16.4. The number of anilines is 3. The average molecular weight is 462 g/mol. The van der Waals surface area contributed by atoms with Crippen molar-refractivity contribution >= 4 is 34.3 Å². The highest BCUT2D eigenvalue weighted by molar-refractivity contribution is 5.99. The van der Waals surface area contributed by atoms with Gasteiger partial charge in [0, 0.05) is 43.3 Å². The third-order valence-electron chi connectivity index (χ3n) is 7.07. The number of carbonyl (C=O) groups excluding carboxylic acids is 1. The molecule has 9 nitrogen and oxygen atoms in total. The van der Waals surface area contributed by atoms with Crippen molar-refractivity contribution in [3.63, 3.8) is 0 Å². The summed E-state index contributed by atoms with van der Waals surface area (Å²) >= 11 is 0. The number of nitrogens with zero attached hydrogens (tertiary/aromatic N) is 5. The highest BCUT2D eigenvalue weighted by Gasteiger charge is 2.26. The van der Waals surface area contributed by atoms with Gasteiger partial charge in [0.05, 0.1) is 17.4 Å². The number of fused-ring (bicyclic) bond motifs is 1. The Morgan fingerprint density at radius 2 is 1.97 bits per heavy atom. The quantitative estimate of drug-likeness (QED) is 0.558. The van der Waals surface area contributed by atoms with Crippen LogP contribution in [0, 0.1) is 6.92 Å². The van der Waals surface area contributed by atoms with Crippen LogP contribution >= 0.6 is 0 Å². The minimum absolute atomic E-state index is 0.0508. The van der Waals surface area contributed by atoms with E-state index in [-0.39, 0.29) is 22.9 Å². The van der Waals surface area contributed by atoms with E-state index < -0.39 is 0 Å². The molecule has 1 saturated carbocycles. The fraction of sp³-hybridized carbons (Fsp3) is 0.480. The van der Waals surface area contributed by atoms with Crippen LogP contribution in [0.5, 0.6) is 0 Å². The molecule has 1 saturated heterocycles. The molecule has 9 heteroatoms. The fourth-order valence-electron chi connectivity index (χ4n) is 5.28. The fourth-order valence-corrected chi connectivity index (χ4v) is 5.28. The molecule has 4 heterocycles. The summed E-state index contributed by atoms with van der Waals surface area (Å²) in [5.41, 5.74) is 2.29. The normalized spacial score (nSPS) is 19.0. The zero-order valence-electron chi connectivity index (χ0n) is 20.0. The number of aromatic nitrogens is 4. The molecular weight excluding hydrogens is 430 g/mol. The van der Waals surface area contributed by atoms with E-state index in [2.05, 4.69) is 38.5 Å². The molecule has 0 aromatic carbocycles. The van der Waals surface area contributed by atoms with Crippen LogP contribution in [0.1, 0.15) is 61.5 Å². The van der Waals surface area contributed by atoms with Crippen LogP contribution in [0.3, 0.4) is 0 Å². The van der Waals surface area contributed by atoms with Gasteiger partial charge in [0.15, 0.2) is 5.78 Å². The Kier molecular flexibility index (Phi) is 6.03. The standard InChI is InChI=1S/C25H31N7O2/c1-15-12-26-10-11-31(15)19-8-9-21(27-13-19)29-25-28-14-20-16(2)22(17(3)33)24(34)32(23(20)30-25)18-6-4-5-7-18/h8-9,13-15,18,26H,4-7,10-12H2,1-3H3,(H,27,28,29,30)/t15-/m0/s1. The summed E-state index contributed by atoms with van der Waals surface area (Å²) in [6.45, 7) is 8.31. The van der Waals surface area contributed by atoms with Crippen LogP contribution in [0.4, 0.5) is 17.5 Å². The number of Topliss-reactive ketones (excluding diaryl/α,β-unsaturated/α-hetero) is 1. The molecule has 1 atom stereocenters. The summed E-state index contributed by atoms with van der Waals surface area (Å²) in [7, 11) is 0. The van der Waals surface area contributed by atoms with Gasteiger partial charge in [-0.05, 0) is 51.3 Å². The summed E-state index contributed by atoms with van der Waals surface area (Å²) in [4.78, 5) is 41.8. The van der Waals surface area contributed by atoms with Crippen molar-refractivity contribution in [2.45, 2.75) is 58.5 Å². The number of hydrogen-bond acceptors (Lipinski definition) is 8. The van der Waals surface area contributed by atoms with Gasteiger partial charge in [0.25, 0.3) is 5.56 Å². The van der Waals surface area contributed by atoms with Crippen molar-refractivity contribution in [2.24, 2.45) is 0 Å². The number of nitrogens with one attached hydrogen (secondary N) is 2. The first-order valence-corrected chi connectivity index (χ1v) is 12.1. The molecule has 0 bridgehead atoms. The maximum atomic E-state index is 13.4. The number of pyridine rings is 2. The number of rotatable bonds is 5. The van der Waals surface area contributed by atoms with Crippen LogP contribution in [0.2, 0.25) is 0 Å². The Morgan fingerprint density at radius 3 is 2.65 bits per heavy atom. The first-order valence-electron chi connectivity index (χ1n) is 12.1. The van der Waals surface area contributed by atoms with E-state index in [9.17, 15) is 9.59 Å². The molecule has 0 spiro atoms. The Bertz CT molecular complexity index is 1280. The lowest BCUT2D eigenvalue weighted by molar-refractivity contribution is 0.101. The van der Waals surface area contributed by atoms with Crippen molar-refractivity contribution in [3.8, 4) is 0 Å². The van der Waals surface area contributed by atoms with E-state index in [1.54, 1.807) is 17.7 Å². The Hall–Kier alpha value is -3.33. The van der Waals surface area contributed by atoms with Crippen molar-refractivity contribution in [1.29, 1.82) is 0 Å². The first kappa shape index (κ1) is 22.5. The molecule has 2 N–H and O–H groups in total. The van der Waals surface area contributed by atoms with Crippen molar-refractivity contribution in [2.75, 3.05) is 29.9 Å². The molecule has 34 heavy (non-hydrogen) atoms. The molecule has 2 fully saturated rings. The molecule has 1 aliphatic heterocycles. The van der Waals surface area contributed by atoms with Gasteiger partial charge in [0.2, 0.25) is 5.95 Å². The molecule has 1 aliphatic carbocycles. The van der Waals surface area contributed by atoms with Crippen LogP contribution in [0.25, 0.3) is 11.0 Å². The second-order valence-electron chi connectivity index (χ2n) is 9.37. The summed E-state index contributed by atoms with van der Waals surface area (Å²) < 4.78 is 1.72. The second-order valence-corrected chi connectivity index (χ2v) is 9.37. The molecule has 0 unspecified atom stereocenters. The van der Waals surface area contributed by atoms with Gasteiger partial charge in [-0.1, -0.05) is 12.8 Å². The number of carbonyl (C=O) groups is 1. The second kappa shape index (κ2) is 9.13. The van der Waals surface area contributed by atoms with E-state index in [4.69, 9.17) is 4.98 Å². The lowest BCUT2D eigenvalue weighted by Crippen LogP contribution is -2.49. The van der Waals surface area contributed by atoms with Crippen molar-refractivity contribution in [1.82, 2.24) is 24.8 Å². The molecule has 3 aromatic heterocycles. The van der Waals surface area contributed by atoms with Gasteiger partial charge in [0.1, 0.15) is 11.5 Å². The van der Waals surface area contributed by atoms with Gasteiger partial charge in [-0.25, -0.2) is 9.97 Å². The summed E-state index contributed by atoms with van der Waals surface area (Å²) in [6.07, 6.45) is 7.53. The largest absolute Gasteiger partial charge is 0.365 e. The van der Waals surface area contributed by atoms with Crippen molar-refractivity contribution < 1.29 is 4.79 Å².